The SMILES string of the molecule is COc1c(C)cc(CCC(C)(C)CCN)cc1C. The molecule has 2 nitrogen and oxygen atoms in total. The van der Waals surface area contributed by atoms with Gasteiger partial charge in [0, 0.05) is 0 Å². The highest BCUT2D eigenvalue weighted by Crippen LogP contribution is 2.29. The predicted octanol–water partition coefficient (Wildman–Crippen LogP) is 3.62. The van der Waals surface area contributed by atoms with Crippen molar-refractivity contribution in [3.8, 4) is 5.75 Å². The molecule has 1 aromatic carbocycles. The van der Waals surface area contributed by atoms with E-state index in [0.717, 1.165) is 25.1 Å². The van der Waals surface area contributed by atoms with Crippen LogP contribution >= 0.6 is 0 Å². The first kappa shape index (κ1) is 15.0. The lowest BCUT2D eigenvalue weighted by Crippen LogP contribution is -2.17. The van der Waals surface area contributed by atoms with E-state index in [1.54, 1.807) is 7.11 Å². The Morgan fingerprint density at radius 1 is 1.11 bits per heavy atom. The molecular weight excluding hydrogens is 222 g/mol. The van der Waals surface area contributed by atoms with Crippen LogP contribution in [0.4, 0.5) is 0 Å². The lowest BCUT2D eigenvalue weighted by molar-refractivity contribution is 0.313. The molecule has 0 atom stereocenters. The van der Waals surface area contributed by atoms with Crippen molar-refractivity contribution in [2.75, 3.05) is 13.7 Å². The normalized spacial score (nSPS) is 11.7. The van der Waals surface area contributed by atoms with Gasteiger partial charge in [-0.25, -0.2) is 0 Å². The summed E-state index contributed by atoms with van der Waals surface area (Å²) in [5, 5.41) is 0. The minimum Gasteiger partial charge on any atom is -0.496 e. The second kappa shape index (κ2) is 6.24. The van der Waals surface area contributed by atoms with Crippen molar-refractivity contribution in [2.45, 2.75) is 47.0 Å². The average Bonchev–Trinajstić information content (AvgIpc) is 2.26. The number of hydrogen-bond donors (Lipinski definition) is 1. The highest BCUT2D eigenvalue weighted by molar-refractivity contribution is 5.43. The molecule has 0 amide bonds. The molecule has 0 unspecified atom stereocenters. The molecular formula is C16H27NO. The highest BCUT2D eigenvalue weighted by Gasteiger charge is 2.17. The Morgan fingerprint density at radius 2 is 1.67 bits per heavy atom. The van der Waals surface area contributed by atoms with E-state index in [2.05, 4.69) is 39.8 Å². The molecule has 0 aliphatic heterocycles. The second-order valence-corrected chi connectivity index (χ2v) is 5.97. The molecule has 0 fully saturated rings. The van der Waals surface area contributed by atoms with E-state index in [0.29, 0.717) is 5.41 Å². The van der Waals surface area contributed by atoms with Crippen molar-refractivity contribution in [1.29, 1.82) is 0 Å². The zero-order chi connectivity index (χ0) is 13.8. The summed E-state index contributed by atoms with van der Waals surface area (Å²) >= 11 is 0. The summed E-state index contributed by atoms with van der Waals surface area (Å²) in [5.41, 5.74) is 9.83. The van der Waals surface area contributed by atoms with Gasteiger partial charge in [0.05, 0.1) is 7.11 Å². The number of hydrogen-bond acceptors (Lipinski definition) is 2. The van der Waals surface area contributed by atoms with Crippen LogP contribution in [0.2, 0.25) is 0 Å². The van der Waals surface area contributed by atoms with E-state index in [-0.39, 0.29) is 0 Å². The Morgan fingerprint density at radius 3 is 2.11 bits per heavy atom. The molecule has 0 saturated carbocycles. The quantitative estimate of drug-likeness (QED) is 0.835. The van der Waals surface area contributed by atoms with Gasteiger partial charge in [-0.1, -0.05) is 26.0 Å². The van der Waals surface area contributed by atoms with Crippen molar-refractivity contribution < 1.29 is 4.74 Å². The predicted molar refractivity (Wildman–Crippen MR) is 78.2 cm³/mol. The first-order valence-corrected chi connectivity index (χ1v) is 6.74. The Kier molecular flexibility index (Phi) is 5.21. The van der Waals surface area contributed by atoms with Crippen molar-refractivity contribution in [2.24, 2.45) is 11.1 Å². The Labute approximate surface area is 112 Å². The fraction of sp³-hybridized carbons (Fsp3) is 0.625. The van der Waals surface area contributed by atoms with E-state index in [1.165, 1.54) is 23.1 Å². The van der Waals surface area contributed by atoms with Gasteiger partial charge in [-0.05, 0) is 61.8 Å². The van der Waals surface area contributed by atoms with Crippen LogP contribution in [0.3, 0.4) is 0 Å². The van der Waals surface area contributed by atoms with Crippen molar-refractivity contribution in [1.82, 2.24) is 0 Å². The number of ether oxygens (including phenoxy) is 1. The van der Waals surface area contributed by atoms with E-state index >= 15 is 0 Å². The molecule has 0 saturated heterocycles. The summed E-state index contributed by atoms with van der Waals surface area (Å²) in [6.45, 7) is 9.58. The smallest absolute Gasteiger partial charge is 0.124 e. The zero-order valence-electron chi connectivity index (χ0n) is 12.5. The molecule has 18 heavy (non-hydrogen) atoms. The highest BCUT2D eigenvalue weighted by atomic mass is 16.5. The van der Waals surface area contributed by atoms with Crippen molar-refractivity contribution in [3.63, 3.8) is 0 Å². The standard InChI is InChI=1S/C16H27NO/c1-12-10-14(11-13(2)15(12)18-5)6-7-16(3,4)8-9-17/h10-11H,6-9,17H2,1-5H3. The van der Waals surface area contributed by atoms with Crippen molar-refractivity contribution in [3.05, 3.63) is 28.8 Å². The maximum Gasteiger partial charge on any atom is 0.124 e. The third kappa shape index (κ3) is 4.02. The number of aryl methyl sites for hydroxylation is 3. The van der Waals surface area contributed by atoms with E-state index in [4.69, 9.17) is 10.5 Å². The van der Waals surface area contributed by atoms with Crippen LogP contribution in [0.5, 0.6) is 5.75 Å². The maximum absolute atomic E-state index is 5.65. The van der Waals surface area contributed by atoms with Crippen LogP contribution in [0, 0.1) is 19.3 Å². The van der Waals surface area contributed by atoms with E-state index in [1.807, 2.05) is 0 Å². The molecule has 0 aliphatic carbocycles. The number of methoxy groups -OCH3 is 1. The second-order valence-electron chi connectivity index (χ2n) is 5.97. The third-order valence-electron chi connectivity index (χ3n) is 3.64. The first-order chi connectivity index (χ1) is 8.39. The monoisotopic (exact) mass is 249 g/mol. The summed E-state index contributed by atoms with van der Waals surface area (Å²) in [6, 6.07) is 4.48. The van der Waals surface area contributed by atoms with Gasteiger partial charge in [-0.3, -0.25) is 0 Å². The van der Waals surface area contributed by atoms with Crippen LogP contribution < -0.4 is 10.5 Å². The van der Waals surface area contributed by atoms with Gasteiger partial charge >= 0.3 is 0 Å². The van der Waals surface area contributed by atoms with Crippen molar-refractivity contribution >= 4 is 0 Å². The van der Waals surface area contributed by atoms with Gasteiger partial charge in [0.2, 0.25) is 0 Å². The van der Waals surface area contributed by atoms with E-state index < -0.39 is 0 Å². The fourth-order valence-electron chi connectivity index (χ4n) is 2.50. The molecule has 2 heteroatoms. The summed E-state index contributed by atoms with van der Waals surface area (Å²) in [7, 11) is 1.74. The summed E-state index contributed by atoms with van der Waals surface area (Å²) < 4.78 is 5.40. The van der Waals surface area contributed by atoms with Gasteiger partial charge in [-0.15, -0.1) is 0 Å². The molecule has 0 heterocycles. The number of benzene rings is 1. The summed E-state index contributed by atoms with van der Waals surface area (Å²) in [4.78, 5) is 0. The van der Waals surface area contributed by atoms with Crippen LogP contribution in [0.25, 0.3) is 0 Å². The lowest BCUT2D eigenvalue weighted by Gasteiger charge is -2.24. The average molecular weight is 249 g/mol. The minimum absolute atomic E-state index is 0.330. The molecule has 0 aromatic heterocycles. The van der Waals surface area contributed by atoms with Crippen LogP contribution in [0.1, 0.15) is 43.4 Å². The number of nitrogens with two attached hydrogens (primary N) is 1. The van der Waals surface area contributed by atoms with Gasteiger partial charge in [0.25, 0.3) is 0 Å². The van der Waals surface area contributed by atoms with Gasteiger partial charge in [-0.2, -0.15) is 0 Å². The van der Waals surface area contributed by atoms with Gasteiger partial charge < -0.3 is 10.5 Å². The molecule has 1 aromatic rings. The molecule has 0 radical (unpaired) electrons. The molecule has 1 rings (SSSR count). The van der Waals surface area contributed by atoms with Crippen LogP contribution in [-0.4, -0.2) is 13.7 Å². The largest absolute Gasteiger partial charge is 0.496 e. The molecule has 102 valence electrons. The fourth-order valence-corrected chi connectivity index (χ4v) is 2.50. The topological polar surface area (TPSA) is 35.2 Å². The summed E-state index contributed by atoms with van der Waals surface area (Å²) in [6.07, 6.45) is 3.37. The maximum atomic E-state index is 5.65. The Balaban J connectivity index is 2.75. The first-order valence-electron chi connectivity index (χ1n) is 6.74. The Bertz CT molecular complexity index is 373. The van der Waals surface area contributed by atoms with Crippen LogP contribution in [-0.2, 0) is 6.42 Å². The molecule has 0 bridgehead atoms. The Hall–Kier alpha value is -1.02. The lowest BCUT2D eigenvalue weighted by atomic mass is 9.83. The number of rotatable bonds is 6. The molecule has 0 aliphatic rings. The van der Waals surface area contributed by atoms with Gasteiger partial charge in [0.15, 0.2) is 0 Å². The third-order valence-corrected chi connectivity index (χ3v) is 3.64. The minimum atomic E-state index is 0.330. The zero-order valence-corrected chi connectivity index (χ0v) is 12.5. The van der Waals surface area contributed by atoms with Crippen LogP contribution in [0.15, 0.2) is 12.1 Å². The summed E-state index contributed by atoms with van der Waals surface area (Å²) in [5.74, 6) is 1.01. The molecule has 0 spiro atoms. The van der Waals surface area contributed by atoms with Gasteiger partial charge in [0.1, 0.15) is 5.75 Å². The van der Waals surface area contributed by atoms with E-state index in [9.17, 15) is 0 Å². The molecule has 2 N–H and O–H groups in total.